The van der Waals surface area contributed by atoms with E-state index >= 15 is 0 Å². The molecular formula is C42H58N8O15. The number of ether oxygens (including phenoxy) is 1. The molecule has 23 nitrogen and oxygen atoms in total. The molecule has 0 bridgehead atoms. The van der Waals surface area contributed by atoms with Crippen molar-refractivity contribution in [3.63, 3.8) is 0 Å². The first-order chi connectivity index (χ1) is 30.5. The topological polar surface area (TPSA) is 371 Å². The second kappa shape index (κ2) is 26.4. The van der Waals surface area contributed by atoms with E-state index in [9.17, 15) is 63.3 Å². The lowest BCUT2D eigenvalue weighted by Gasteiger charge is -2.30. The van der Waals surface area contributed by atoms with Gasteiger partial charge in [0.2, 0.25) is 41.4 Å². The molecule has 0 aliphatic heterocycles. The fraction of sp³-hybridized carbons (Fsp3) is 0.476. The summed E-state index contributed by atoms with van der Waals surface area (Å²) in [7, 11) is 0. The smallest absolute Gasteiger partial charge is 0.408 e. The number of aromatic hydroxyl groups is 1. The number of phenolic OH excluding ortho intramolecular Hbond substituents is 1. The lowest BCUT2D eigenvalue weighted by molar-refractivity contribution is -0.139. The number of carbonyl (C=O) groups is 10. The summed E-state index contributed by atoms with van der Waals surface area (Å²) in [5.41, 5.74) is 5.84. The first kappa shape index (κ1) is 53.8. The highest BCUT2D eigenvalue weighted by Gasteiger charge is 2.34. The van der Waals surface area contributed by atoms with Gasteiger partial charge in [-0.1, -0.05) is 63.2 Å². The van der Waals surface area contributed by atoms with Gasteiger partial charge in [0.15, 0.2) is 0 Å². The summed E-state index contributed by atoms with van der Waals surface area (Å²) in [5.74, 6) is -9.63. The summed E-state index contributed by atoms with van der Waals surface area (Å²) in [6.45, 7) is 4.64. The van der Waals surface area contributed by atoms with Crippen molar-refractivity contribution >= 4 is 59.4 Å². The van der Waals surface area contributed by atoms with Gasteiger partial charge in [0, 0.05) is 19.3 Å². The molecular weight excluding hydrogens is 857 g/mol. The molecule has 8 amide bonds. The number of hydrogen-bond donors (Lipinski definition) is 12. The molecule has 0 saturated carbocycles. The monoisotopic (exact) mass is 914 g/mol. The lowest BCUT2D eigenvalue weighted by atomic mass is 9.87. The zero-order valence-corrected chi connectivity index (χ0v) is 36.4. The molecule has 0 radical (unpaired) electrons. The van der Waals surface area contributed by atoms with Gasteiger partial charge in [-0.15, -0.1) is 0 Å². The second-order valence-electron chi connectivity index (χ2n) is 16.1. The first-order valence-electron chi connectivity index (χ1n) is 20.3. The third-order valence-corrected chi connectivity index (χ3v) is 9.24. The first-order valence-corrected chi connectivity index (χ1v) is 20.3. The molecule has 0 aliphatic carbocycles. The van der Waals surface area contributed by atoms with Crippen LogP contribution in [0.2, 0.25) is 0 Å². The van der Waals surface area contributed by atoms with Gasteiger partial charge in [-0.2, -0.15) is 0 Å². The van der Waals surface area contributed by atoms with Gasteiger partial charge in [-0.05, 0) is 54.9 Å². The SMILES string of the molecule is C[C@H](NC(=O)OCc1ccccc1)C(=O)NCC(=O)N[C@@H](CCC(=O)O)C(=O)N[C@@H](CO)C(=O)N[C@@H](CC(C)(C)C)C(=O)N[C@@H](Cc1ccc(O)cc1)C(=O)N[C@@H](CCC(=O)O)C(N)=O. The molecule has 23 heteroatoms. The van der Waals surface area contributed by atoms with Gasteiger partial charge in [0.1, 0.15) is 48.6 Å². The van der Waals surface area contributed by atoms with E-state index in [0.29, 0.717) is 11.1 Å². The van der Waals surface area contributed by atoms with Crippen LogP contribution in [0.25, 0.3) is 0 Å². The quantitative estimate of drug-likeness (QED) is 0.0508. The van der Waals surface area contributed by atoms with Crippen LogP contribution in [0.4, 0.5) is 4.79 Å². The van der Waals surface area contributed by atoms with Crippen LogP contribution in [0.5, 0.6) is 5.75 Å². The highest BCUT2D eigenvalue weighted by molar-refractivity contribution is 5.97. The minimum atomic E-state index is -1.78. The standard InChI is InChI=1S/C42H58N8O15/c1-23(45-41(64)65-22-25-8-6-5-7-9-25)36(59)44-20-32(53)46-28(15-17-34(56)57)37(60)50-31(21-51)40(63)49-30(19-42(2,3)4)39(62)48-29(18-24-10-12-26(52)13-11-24)38(61)47-27(35(43)58)14-16-33(54)55/h5-13,23,27-31,51-52H,14-22H2,1-4H3,(H2,43,58)(H,44,59)(H,45,64)(H,46,53)(H,47,61)(H,48,62)(H,49,63)(H,50,60)(H,54,55)(H,56,57)/t23-,27-,28-,29-,30-,31-/m0/s1. The number of aliphatic carboxylic acids is 2. The Morgan fingerprint density at radius 3 is 1.69 bits per heavy atom. The van der Waals surface area contributed by atoms with E-state index in [1.54, 1.807) is 51.1 Å². The maximum Gasteiger partial charge on any atom is 0.408 e. The van der Waals surface area contributed by atoms with Gasteiger partial charge in [0.05, 0.1) is 13.2 Å². The number of hydrogen-bond acceptors (Lipinski definition) is 13. The highest BCUT2D eigenvalue weighted by atomic mass is 16.5. The Kier molecular flexibility index (Phi) is 21.8. The van der Waals surface area contributed by atoms with Crippen LogP contribution in [0.15, 0.2) is 54.6 Å². The third-order valence-electron chi connectivity index (χ3n) is 9.24. The van der Waals surface area contributed by atoms with Crippen LogP contribution in [0.3, 0.4) is 0 Å². The Morgan fingerprint density at radius 1 is 0.631 bits per heavy atom. The zero-order valence-electron chi connectivity index (χ0n) is 36.4. The number of primary amides is 1. The number of rotatable bonds is 26. The number of aliphatic hydroxyl groups is 1. The van der Waals surface area contributed by atoms with E-state index in [4.69, 9.17) is 15.6 Å². The Morgan fingerprint density at radius 2 is 1.14 bits per heavy atom. The molecule has 2 aromatic rings. The number of carbonyl (C=O) groups excluding carboxylic acids is 8. The summed E-state index contributed by atoms with van der Waals surface area (Å²) >= 11 is 0. The fourth-order valence-corrected chi connectivity index (χ4v) is 5.84. The van der Waals surface area contributed by atoms with Crippen molar-refractivity contribution in [3.8, 4) is 5.75 Å². The van der Waals surface area contributed by atoms with Gasteiger partial charge >= 0.3 is 18.0 Å². The van der Waals surface area contributed by atoms with E-state index in [1.807, 2.05) is 0 Å². The highest BCUT2D eigenvalue weighted by Crippen LogP contribution is 2.21. The number of benzene rings is 2. The maximum atomic E-state index is 13.9. The Balaban J connectivity index is 2.19. The fourth-order valence-electron chi connectivity index (χ4n) is 5.84. The van der Waals surface area contributed by atoms with Crippen molar-refractivity contribution in [1.82, 2.24) is 37.2 Å². The van der Waals surface area contributed by atoms with Gasteiger partial charge in [-0.25, -0.2) is 4.79 Å². The molecule has 0 saturated heterocycles. The van der Waals surface area contributed by atoms with Crippen LogP contribution >= 0.6 is 0 Å². The Hall–Kier alpha value is -7.30. The number of nitrogens with one attached hydrogen (secondary N) is 7. The van der Waals surface area contributed by atoms with E-state index in [0.717, 1.165) is 0 Å². The van der Waals surface area contributed by atoms with Crippen molar-refractivity contribution in [1.29, 1.82) is 0 Å². The molecule has 2 rings (SSSR count). The van der Waals surface area contributed by atoms with E-state index in [2.05, 4.69) is 37.2 Å². The molecule has 65 heavy (non-hydrogen) atoms. The lowest BCUT2D eigenvalue weighted by Crippen LogP contribution is -2.60. The van der Waals surface area contributed by atoms with Crippen LogP contribution < -0.4 is 43.0 Å². The van der Waals surface area contributed by atoms with Gasteiger partial charge < -0.3 is 68.1 Å². The summed E-state index contributed by atoms with van der Waals surface area (Å²) < 4.78 is 5.07. The number of amides is 8. The number of aliphatic hydroxyl groups excluding tert-OH is 1. The Labute approximate surface area is 374 Å². The van der Waals surface area contributed by atoms with Crippen LogP contribution in [0.1, 0.15) is 70.9 Å². The van der Waals surface area contributed by atoms with Crippen LogP contribution in [0, 0.1) is 5.41 Å². The molecule has 0 fully saturated rings. The Bertz CT molecular complexity index is 1990. The molecule has 6 atom stereocenters. The van der Waals surface area contributed by atoms with Gasteiger partial charge in [-0.3, -0.25) is 43.2 Å². The van der Waals surface area contributed by atoms with E-state index in [1.165, 1.54) is 31.2 Å². The van der Waals surface area contributed by atoms with Gasteiger partial charge in [0.25, 0.3) is 0 Å². The molecule has 13 N–H and O–H groups in total. The van der Waals surface area contributed by atoms with Crippen molar-refractivity contribution < 1.29 is 73.1 Å². The van der Waals surface area contributed by atoms with E-state index in [-0.39, 0.29) is 31.6 Å². The second-order valence-corrected chi connectivity index (χ2v) is 16.1. The number of phenols is 1. The van der Waals surface area contributed by atoms with E-state index < -0.39 is 133 Å². The normalized spacial score (nSPS) is 13.7. The molecule has 0 spiro atoms. The predicted octanol–water partition coefficient (Wildman–Crippen LogP) is -1.57. The van der Waals surface area contributed by atoms with Crippen LogP contribution in [-0.2, 0) is 60.9 Å². The largest absolute Gasteiger partial charge is 0.508 e. The number of nitrogens with two attached hydrogens (primary N) is 1. The van der Waals surface area contributed by atoms with Crippen LogP contribution in [-0.4, -0.2) is 129 Å². The van der Waals surface area contributed by atoms with Crippen molar-refractivity contribution in [2.75, 3.05) is 13.2 Å². The number of carboxylic acids is 2. The maximum absolute atomic E-state index is 13.9. The summed E-state index contributed by atoms with van der Waals surface area (Å²) in [4.78, 5) is 127. The third kappa shape index (κ3) is 21.1. The molecule has 0 aromatic heterocycles. The molecule has 2 aromatic carbocycles. The molecule has 0 heterocycles. The zero-order chi connectivity index (χ0) is 48.9. The number of carboxylic acid groups (broad SMARTS) is 2. The van der Waals surface area contributed by atoms with Crippen molar-refractivity contribution in [2.45, 2.75) is 109 Å². The minimum absolute atomic E-state index is 0.0700. The predicted molar refractivity (Wildman–Crippen MR) is 228 cm³/mol. The minimum Gasteiger partial charge on any atom is -0.508 e. The average Bonchev–Trinajstić information content (AvgIpc) is 3.23. The average molecular weight is 915 g/mol. The molecule has 0 aliphatic rings. The summed E-state index contributed by atoms with van der Waals surface area (Å²) in [6, 6.07) is 5.36. The summed E-state index contributed by atoms with van der Waals surface area (Å²) in [6.07, 6.45) is -3.25. The molecule has 0 unspecified atom stereocenters. The summed E-state index contributed by atoms with van der Waals surface area (Å²) in [5, 5.41) is 54.7. The number of alkyl carbamates (subject to hydrolysis) is 1. The molecule has 356 valence electrons. The van der Waals surface area contributed by atoms with Crippen molar-refractivity contribution in [2.24, 2.45) is 11.1 Å². The van der Waals surface area contributed by atoms with Crippen molar-refractivity contribution in [3.05, 3.63) is 65.7 Å².